The number of rotatable bonds is 14. The highest BCUT2D eigenvalue weighted by molar-refractivity contribution is 7.18. The van der Waals surface area contributed by atoms with Crippen molar-refractivity contribution in [3.63, 3.8) is 0 Å². The number of thiazole rings is 1. The average Bonchev–Trinajstić information content (AvgIpc) is 3.27. The van der Waals surface area contributed by atoms with Crippen LogP contribution in [0.4, 0.5) is 0 Å². The highest BCUT2D eigenvalue weighted by Gasteiger charge is 2.30. The Morgan fingerprint density at radius 3 is 2.62 bits per heavy atom. The number of amides is 1. The third kappa shape index (κ3) is 8.83. The van der Waals surface area contributed by atoms with Gasteiger partial charge in [0.05, 0.1) is 21.1 Å². The second-order valence-corrected chi connectivity index (χ2v) is 11.6. The third-order valence-electron chi connectivity index (χ3n) is 6.98. The van der Waals surface area contributed by atoms with E-state index in [0.717, 1.165) is 34.5 Å². The number of hydrogen-bond acceptors (Lipinski definition) is 7. The Labute approximate surface area is 224 Å². The molecule has 8 heteroatoms. The highest BCUT2D eigenvalue weighted by atomic mass is 32.1. The van der Waals surface area contributed by atoms with E-state index in [4.69, 9.17) is 9.72 Å². The summed E-state index contributed by atoms with van der Waals surface area (Å²) >= 11 is 1.59. The molecule has 0 spiro atoms. The maximum absolute atomic E-state index is 13.5. The van der Waals surface area contributed by atoms with Crippen LogP contribution in [0.5, 0.6) is 0 Å². The summed E-state index contributed by atoms with van der Waals surface area (Å²) in [7, 11) is 3.82. The molecule has 1 aliphatic heterocycles. The molecule has 1 amide bonds. The van der Waals surface area contributed by atoms with Crippen molar-refractivity contribution in [2.75, 3.05) is 33.9 Å². The largest absolute Gasteiger partial charge is 0.381 e. The summed E-state index contributed by atoms with van der Waals surface area (Å²) in [5.74, 6) is -0.390. The van der Waals surface area contributed by atoms with Gasteiger partial charge in [-0.05, 0) is 70.3 Å². The highest BCUT2D eigenvalue weighted by Crippen LogP contribution is 2.27. The molecule has 1 aromatic heterocycles. The Morgan fingerprint density at radius 2 is 1.97 bits per heavy atom. The van der Waals surface area contributed by atoms with Crippen LogP contribution in [0.15, 0.2) is 30.4 Å². The van der Waals surface area contributed by atoms with E-state index >= 15 is 0 Å². The average molecular weight is 528 g/mol. The lowest BCUT2D eigenvalue weighted by Gasteiger charge is -2.32. The lowest BCUT2D eigenvalue weighted by molar-refractivity contribution is -0.130. The normalized spacial score (nSPS) is 16.0. The zero-order valence-electron chi connectivity index (χ0n) is 22.7. The topological polar surface area (TPSA) is 88.6 Å². The van der Waals surface area contributed by atoms with E-state index in [1.54, 1.807) is 11.3 Å². The molecule has 37 heavy (non-hydrogen) atoms. The van der Waals surface area contributed by atoms with Gasteiger partial charge >= 0.3 is 0 Å². The minimum Gasteiger partial charge on any atom is -0.381 e. The molecule has 1 N–H and O–H groups in total. The first-order valence-electron chi connectivity index (χ1n) is 13.3. The number of nitrogens with one attached hydrogen (secondary N) is 1. The molecule has 1 saturated heterocycles. The van der Waals surface area contributed by atoms with Gasteiger partial charge in [0.1, 0.15) is 5.78 Å². The molecule has 2 aromatic rings. The number of nitrogens with zero attached hydrogens (tertiary/aromatic N) is 2. The van der Waals surface area contributed by atoms with Crippen molar-refractivity contribution in [1.82, 2.24) is 15.2 Å². The standard InChI is InChI=1S/C29H41N3O4S/c1-6-21-7-8-25-27(16-21)37-28(30-25)17-23(15-20(3)33)29(35)31-24(22-11-13-36-14-12-22)9-10-26(34)19(2)18-32(4)5/h7-8,16,22-24H,2,6,9-15,17-18H2,1,3-5H3,(H,31,35)/t23-,24+/m0/s1. The Morgan fingerprint density at radius 1 is 1.24 bits per heavy atom. The number of aromatic nitrogens is 1. The molecule has 1 aromatic carbocycles. The fraction of sp³-hybridized carbons (Fsp3) is 0.586. The van der Waals surface area contributed by atoms with Crippen molar-refractivity contribution in [2.24, 2.45) is 11.8 Å². The molecule has 0 aliphatic carbocycles. The molecule has 0 bridgehead atoms. The number of benzene rings is 1. The van der Waals surface area contributed by atoms with Crippen LogP contribution < -0.4 is 5.32 Å². The molecule has 2 atom stereocenters. The molecule has 1 aliphatic rings. The molecule has 2 heterocycles. The molecule has 3 rings (SSSR count). The van der Waals surface area contributed by atoms with Gasteiger partial charge in [-0.3, -0.25) is 9.59 Å². The van der Waals surface area contributed by atoms with E-state index in [2.05, 4.69) is 31.0 Å². The Bertz CT molecular complexity index is 1100. The van der Waals surface area contributed by atoms with Gasteiger partial charge in [0.25, 0.3) is 0 Å². The summed E-state index contributed by atoms with van der Waals surface area (Å²) in [5.41, 5.74) is 2.76. The lowest BCUT2D eigenvalue weighted by atomic mass is 9.87. The zero-order chi connectivity index (χ0) is 26.9. The van der Waals surface area contributed by atoms with Gasteiger partial charge in [-0.1, -0.05) is 19.6 Å². The molecule has 0 radical (unpaired) electrons. The quantitative estimate of drug-likeness (QED) is 0.367. The van der Waals surface area contributed by atoms with Crippen LogP contribution >= 0.6 is 11.3 Å². The molecular weight excluding hydrogens is 486 g/mol. The summed E-state index contributed by atoms with van der Waals surface area (Å²) < 4.78 is 6.64. The summed E-state index contributed by atoms with van der Waals surface area (Å²) in [4.78, 5) is 45.0. The van der Waals surface area contributed by atoms with Crippen LogP contribution in [-0.4, -0.2) is 67.3 Å². The maximum Gasteiger partial charge on any atom is 0.224 e. The fourth-order valence-corrected chi connectivity index (χ4v) is 6.03. The van der Waals surface area contributed by atoms with Crippen LogP contribution in [0, 0.1) is 11.8 Å². The van der Waals surface area contributed by atoms with E-state index in [9.17, 15) is 14.4 Å². The second kappa shape index (κ2) is 13.9. The summed E-state index contributed by atoms with van der Waals surface area (Å²) in [5, 5.41) is 4.10. The predicted molar refractivity (Wildman–Crippen MR) is 149 cm³/mol. The van der Waals surface area contributed by atoms with E-state index < -0.39 is 5.92 Å². The summed E-state index contributed by atoms with van der Waals surface area (Å²) in [6.45, 7) is 9.42. The van der Waals surface area contributed by atoms with Gasteiger partial charge in [-0.2, -0.15) is 0 Å². The molecule has 0 saturated carbocycles. The van der Waals surface area contributed by atoms with E-state index in [1.807, 2.05) is 25.1 Å². The van der Waals surface area contributed by atoms with E-state index in [-0.39, 0.29) is 35.9 Å². The first kappa shape index (κ1) is 29.1. The Kier molecular flexibility index (Phi) is 11.0. The summed E-state index contributed by atoms with van der Waals surface area (Å²) in [6, 6.07) is 6.11. The predicted octanol–water partition coefficient (Wildman–Crippen LogP) is 4.38. The number of carbonyl (C=O) groups is 3. The van der Waals surface area contributed by atoms with Gasteiger partial charge in [-0.25, -0.2) is 4.98 Å². The van der Waals surface area contributed by atoms with Crippen molar-refractivity contribution in [3.8, 4) is 0 Å². The molecule has 202 valence electrons. The van der Waals surface area contributed by atoms with Crippen molar-refractivity contribution in [3.05, 3.63) is 40.9 Å². The molecule has 7 nitrogen and oxygen atoms in total. The van der Waals surface area contributed by atoms with E-state index in [0.29, 0.717) is 44.6 Å². The van der Waals surface area contributed by atoms with Crippen molar-refractivity contribution < 1.29 is 19.1 Å². The van der Waals surface area contributed by atoms with Gasteiger partial charge in [0, 0.05) is 50.6 Å². The number of carbonyl (C=O) groups excluding carboxylic acids is 3. The molecular formula is C29H41N3O4S. The van der Waals surface area contributed by atoms with Gasteiger partial charge < -0.3 is 19.7 Å². The monoisotopic (exact) mass is 527 g/mol. The minimum atomic E-state index is -0.495. The van der Waals surface area contributed by atoms with Crippen molar-refractivity contribution >= 4 is 39.0 Å². The smallest absolute Gasteiger partial charge is 0.224 e. The Hall–Kier alpha value is -2.42. The fourth-order valence-electron chi connectivity index (χ4n) is 4.92. The number of Topliss-reactive ketones (excluding diaryl/α,β-unsaturated/α-hetero) is 2. The lowest BCUT2D eigenvalue weighted by Crippen LogP contribution is -2.45. The van der Waals surface area contributed by atoms with Gasteiger partial charge in [-0.15, -0.1) is 11.3 Å². The second-order valence-electron chi connectivity index (χ2n) is 10.4. The Balaban J connectivity index is 1.72. The van der Waals surface area contributed by atoms with Crippen LogP contribution in [0.1, 0.15) is 56.5 Å². The SMILES string of the molecule is C=C(CN(C)C)C(=O)CC[C@@H](NC(=O)[C@@H](CC(C)=O)Cc1nc2ccc(CC)cc2s1)C1CCOCC1. The van der Waals surface area contributed by atoms with Crippen LogP contribution in [0.25, 0.3) is 10.2 Å². The van der Waals surface area contributed by atoms with Crippen LogP contribution in [0.2, 0.25) is 0 Å². The number of likely N-dealkylation sites (N-methyl/N-ethyl adjacent to an activating group) is 1. The first-order chi connectivity index (χ1) is 17.7. The number of fused-ring (bicyclic) bond motifs is 1. The van der Waals surface area contributed by atoms with Gasteiger partial charge in [0.15, 0.2) is 5.78 Å². The van der Waals surface area contributed by atoms with Gasteiger partial charge in [0.2, 0.25) is 5.91 Å². The van der Waals surface area contributed by atoms with Crippen LogP contribution in [0.3, 0.4) is 0 Å². The van der Waals surface area contributed by atoms with Crippen LogP contribution in [-0.2, 0) is 32.0 Å². The molecule has 1 fully saturated rings. The minimum absolute atomic E-state index is 0.0210. The molecule has 0 unspecified atom stereocenters. The number of ketones is 2. The number of ether oxygens (including phenoxy) is 1. The third-order valence-corrected chi connectivity index (χ3v) is 8.02. The number of aryl methyl sites for hydroxylation is 1. The van der Waals surface area contributed by atoms with Crippen molar-refractivity contribution in [2.45, 2.75) is 64.8 Å². The first-order valence-corrected chi connectivity index (χ1v) is 14.1. The zero-order valence-corrected chi connectivity index (χ0v) is 23.5. The maximum atomic E-state index is 13.5. The van der Waals surface area contributed by atoms with E-state index in [1.165, 1.54) is 12.5 Å². The number of hydrogen-bond donors (Lipinski definition) is 1. The summed E-state index contributed by atoms with van der Waals surface area (Å²) in [6.07, 6.45) is 4.11. The van der Waals surface area contributed by atoms with Crippen molar-refractivity contribution in [1.29, 1.82) is 0 Å².